The lowest BCUT2D eigenvalue weighted by Crippen LogP contribution is -2.26. The number of benzene rings is 1. The standard InChI is InChI=1S/C12H15N3S/c1-8-14-11-3-2-10(6-12(11)16-8)15-5-4-9(13)7-15/h2-3,6,9H,4-5,7,13H2,1H3. The zero-order chi connectivity index (χ0) is 11.1. The van der Waals surface area contributed by atoms with E-state index in [9.17, 15) is 0 Å². The molecule has 0 aliphatic carbocycles. The van der Waals surface area contributed by atoms with Gasteiger partial charge >= 0.3 is 0 Å². The van der Waals surface area contributed by atoms with Gasteiger partial charge in [-0.05, 0) is 31.5 Å². The third-order valence-electron chi connectivity index (χ3n) is 3.07. The molecule has 2 heterocycles. The number of aryl methyl sites for hydroxylation is 1. The predicted octanol–water partition coefficient (Wildman–Crippen LogP) is 2.14. The fraction of sp³-hybridized carbons (Fsp3) is 0.417. The highest BCUT2D eigenvalue weighted by Crippen LogP contribution is 2.28. The summed E-state index contributed by atoms with van der Waals surface area (Å²) in [5.41, 5.74) is 8.32. The van der Waals surface area contributed by atoms with Crippen LogP contribution in [0.2, 0.25) is 0 Å². The van der Waals surface area contributed by atoms with Crippen molar-refractivity contribution < 1.29 is 0 Å². The van der Waals surface area contributed by atoms with E-state index < -0.39 is 0 Å². The third kappa shape index (κ3) is 1.68. The van der Waals surface area contributed by atoms with Crippen LogP contribution in [0.25, 0.3) is 10.2 Å². The second kappa shape index (κ2) is 3.71. The number of hydrogen-bond acceptors (Lipinski definition) is 4. The van der Waals surface area contributed by atoms with Crippen LogP contribution in [0.1, 0.15) is 11.4 Å². The fourth-order valence-corrected chi connectivity index (χ4v) is 3.11. The lowest BCUT2D eigenvalue weighted by atomic mass is 10.3. The highest BCUT2D eigenvalue weighted by Gasteiger charge is 2.19. The first-order valence-corrected chi connectivity index (χ1v) is 6.42. The Bertz CT molecular complexity index is 520. The summed E-state index contributed by atoms with van der Waals surface area (Å²) in [6, 6.07) is 6.83. The average Bonchev–Trinajstić information content (AvgIpc) is 2.81. The summed E-state index contributed by atoms with van der Waals surface area (Å²) >= 11 is 1.76. The minimum absolute atomic E-state index is 0.332. The van der Waals surface area contributed by atoms with Crippen molar-refractivity contribution in [3.8, 4) is 0 Å². The first kappa shape index (κ1) is 10.1. The van der Waals surface area contributed by atoms with E-state index in [1.54, 1.807) is 11.3 Å². The van der Waals surface area contributed by atoms with Crippen LogP contribution in [0.3, 0.4) is 0 Å². The highest BCUT2D eigenvalue weighted by molar-refractivity contribution is 7.18. The van der Waals surface area contributed by atoms with Crippen molar-refractivity contribution in [2.75, 3.05) is 18.0 Å². The average molecular weight is 233 g/mol. The zero-order valence-electron chi connectivity index (χ0n) is 9.31. The molecule has 0 amide bonds. The van der Waals surface area contributed by atoms with E-state index in [1.165, 1.54) is 10.4 Å². The molecule has 2 aromatic rings. The molecule has 0 radical (unpaired) electrons. The van der Waals surface area contributed by atoms with Crippen LogP contribution in [0, 0.1) is 6.92 Å². The van der Waals surface area contributed by atoms with Crippen molar-refractivity contribution in [2.45, 2.75) is 19.4 Å². The Morgan fingerprint density at radius 1 is 1.50 bits per heavy atom. The molecular formula is C12H15N3S. The van der Waals surface area contributed by atoms with Crippen molar-refractivity contribution in [3.05, 3.63) is 23.2 Å². The molecule has 1 atom stereocenters. The molecule has 1 saturated heterocycles. The maximum atomic E-state index is 5.93. The van der Waals surface area contributed by atoms with Crippen molar-refractivity contribution >= 4 is 27.2 Å². The predicted molar refractivity (Wildman–Crippen MR) is 69.2 cm³/mol. The molecule has 4 heteroatoms. The summed E-state index contributed by atoms with van der Waals surface area (Å²) in [5, 5.41) is 1.13. The molecule has 1 aliphatic rings. The van der Waals surface area contributed by atoms with Crippen LogP contribution in [0.5, 0.6) is 0 Å². The van der Waals surface area contributed by atoms with E-state index in [1.807, 2.05) is 0 Å². The molecule has 1 unspecified atom stereocenters. The minimum Gasteiger partial charge on any atom is -0.370 e. The summed E-state index contributed by atoms with van der Waals surface area (Å²) in [4.78, 5) is 6.83. The molecule has 0 saturated carbocycles. The van der Waals surface area contributed by atoms with Gasteiger partial charge in [0.1, 0.15) is 0 Å². The normalized spacial score (nSPS) is 20.9. The second-order valence-electron chi connectivity index (χ2n) is 4.38. The molecule has 0 spiro atoms. The van der Waals surface area contributed by atoms with E-state index in [2.05, 4.69) is 35.0 Å². The van der Waals surface area contributed by atoms with Crippen LogP contribution in [0.15, 0.2) is 18.2 Å². The zero-order valence-corrected chi connectivity index (χ0v) is 10.1. The Hall–Kier alpha value is -1.13. The number of aromatic nitrogens is 1. The Morgan fingerprint density at radius 2 is 2.38 bits per heavy atom. The Labute approximate surface area is 98.9 Å². The van der Waals surface area contributed by atoms with Gasteiger partial charge in [-0.2, -0.15) is 0 Å². The summed E-state index contributed by atoms with van der Waals surface area (Å²) < 4.78 is 1.27. The van der Waals surface area contributed by atoms with E-state index in [0.717, 1.165) is 30.0 Å². The van der Waals surface area contributed by atoms with E-state index >= 15 is 0 Å². The van der Waals surface area contributed by atoms with Crippen molar-refractivity contribution in [1.29, 1.82) is 0 Å². The van der Waals surface area contributed by atoms with Crippen molar-refractivity contribution in [3.63, 3.8) is 0 Å². The second-order valence-corrected chi connectivity index (χ2v) is 5.61. The van der Waals surface area contributed by atoms with Crippen molar-refractivity contribution in [2.24, 2.45) is 5.73 Å². The number of thiazole rings is 1. The maximum Gasteiger partial charge on any atom is 0.0907 e. The third-order valence-corrected chi connectivity index (χ3v) is 4.00. The fourth-order valence-electron chi connectivity index (χ4n) is 2.25. The maximum absolute atomic E-state index is 5.93. The van der Waals surface area contributed by atoms with Crippen LogP contribution in [-0.4, -0.2) is 24.1 Å². The van der Waals surface area contributed by atoms with Gasteiger partial charge in [-0.15, -0.1) is 11.3 Å². The van der Waals surface area contributed by atoms with E-state index in [0.29, 0.717) is 6.04 Å². The molecule has 0 bridgehead atoms. The van der Waals surface area contributed by atoms with Gasteiger partial charge in [0.25, 0.3) is 0 Å². The highest BCUT2D eigenvalue weighted by atomic mass is 32.1. The largest absolute Gasteiger partial charge is 0.370 e. The number of nitrogens with zero attached hydrogens (tertiary/aromatic N) is 2. The van der Waals surface area contributed by atoms with E-state index in [4.69, 9.17) is 5.73 Å². The van der Waals surface area contributed by atoms with Crippen LogP contribution >= 0.6 is 11.3 Å². The molecule has 1 aliphatic heterocycles. The first-order valence-electron chi connectivity index (χ1n) is 5.60. The summed E-state index contributed by atoms with van der Waals surface area (Å²) in [6.07, 6.45) is 1.10. The van der Waals surface area contributed by atoms with Gasteiger partial charge in [0.05, 0.1) is 15.2 Å². The molecule has 3 nitrogen and oxygen atoms in total. The number of hydrogen-bond donors (Lipinski definition) is 1. The smallest absolute Gasteiger partial charge is 0.0907 e. The van der Waals surface area contributed by atoms with Gasteiger partial charge in [0.2, 0.25) is 0 Å². The molecule has 3 rings (SSSR count). The molecular weight excluding hydrogens is 218 g/mol. The van der Waals surface area contributed by atoms with Crippen LogP contribution in [-0.2, 0) is 0 Å². The molecule has 84 valence electrons. The van der Waals surface area contributed by atoms with E-state index in [-0.39, 0.29) is 0 Å². The van der Waals surface area contributed by atoms with Crippen LogP contribution in [0.4, 0.5) is 5.69 Å². The van der Waals surface area contributed by atoms with Gasteiger partial charge in [0, 0.05) is 24.8 Å². The summed E-state index contributed by atoms with van der Waals surface area (Å²) in [6.45, 7) is 4.10. The molecule has 1 aromatic heterocycles. The van der Waals surface area contributed by atoms with Gasteiger partial charge in [-0.1, -0.05) is 0 Å². The minimum atomic E-state index is 0.332. The SMILES string of the molecule is Cc1nc2ccc(N3CCC(N)C3)cc2s1. The molecule has 2 N–H and O–H groups in total. The quantitative estimate of drug-likeness (QED) is 0.820. The van der Waals surface area contributed by atoms with Gasteiger partial charge in [-0.3, -0.25) is 0 Å². The Kier molecular flexibility index (Phi) is 2.33. The van der Waals surface area contributed by atoms with Gasteiger partial charge < -0.3 is 10.6 Å². The number of nitrogens with two attached hydrogens (primary N) is 1. The summed E-state index contributed by atoms with van der Waals surface area (Å²) in [5.74, 6) is 0. The van der Waals surface area contributed by atoms with Gasteiger partial charge in [0.15, 0.2) is 0 Å². The number of anilines is 1. The number of rotatable bonds is 1. The number of fused-ring (bicyclic) bond motifs is 1. The van der Waals surface area contributed by atoms with Crippen LogP contribution < -0.4 is 10.6 Å². The molecule has 1 fully saturated rings. The lowest BCUT2D eigenvalue weighted by Gasteiger charge is -2.17. The van der Waals surface area contributed by atoms with Gasteiger partial charge in [-0.25, -0.2) is 4.98 Å². The lowest BCUT2D eigenvalue weighted by molar-refractivity contribution is 0.752. The molecule has 16 heavy (non-hydrogen) atoms. The first-order chi connectivity index (χ1) is 7.72. The van der Waals surface area contributed by atoms with Crippen molar-refractivity contribution in [1.82, 2.24) is 4.98 Å². The summed E-state index contributed by atoms with van der Waals surface area (Å²) in [7, 11) is 0. The molecule has 1 aromatic carbocycles. The monoisotopic (exact) mass is 233 g/mol. The Morgan fingerprint density at radius 3 is 3.12 bits per heavy atom. The topological polar surface area (TPSA) is 42.2 Å². The Balaban J connectivity index is 1.98.